The van der Waals surface area contributed by atoms with Crippen molar-refractivity contribution in [1.29, 1.82) is 0 Å². The van der Waals surface area contributed by atoms with Crippen molar-refractivity contribution >= 4 is 71.9 Å². The van der Waals surface area contributed by atoms with E-state index in [9.17, 15) is 8.42 Å². The minimum absolute atomic E-state index is 0.0538. The number of hydrogen-bond donors (Lipinski definition) is 3. The number of ether oxygens (including phenoxy) is 1. The first kappa shape index (κ1) is 24.3. The van der Waals surface area contributed by atoms with Gasteiger partial charge in [-0.15, -0.1) is 0 Å². The molecule has 0 aliphatic carbocycles. The second kappa shape index (κ2) is 10.5. The van der Waals surface area contributed by atoms with Gasteiger partial charge in [-0.25, -0.2) is 8.42 Å². The van der Waals surface area contributed by atoms with Crippen LogP contribution in [0.15, 0.2) is 70.0 Å². The Hall–Kier alpha value is -2.33. The van der Waals surface area contributed by atoms with Crippen LogP contribution in [0.2, 0.25) is 5.02 Å². The summed E-state index contributed by atoms with van der Waals surface area (Å²) >= 11 is 14.8. The van der Waals surface area contributed by atoms with Gasteiger partial charge in [0, 0.05) is 26.6 Å². The van der Waals surface area contributed by atoms with Gasteiger partial charge in [0.1, 0.15) is 10.6 Å². The number of hydrogen-bond acceptors (Lipinski definition) is 4. The molecule has 3 N–H and O–H groups in total. The molecular weight excluding hydrogens is 534 g/mol. The predicted molar refractivity (Wildman–Crippen MR) is 139 cm³/mol. The topological polar surface area (TPSA) is 79.5 Å². The Kier molecular flexibility index (Phi) is 8.00. The molecule has 168 valence electrons. The summed E-state index contributed by atoms with van der Waals surface area (Å²) in [4.78, 5) is 0.0538. The number of rotatable bonds is 7. The number of sulfonamides is 1. The van der Waals surface area contributed by atoms with Gasteiger partial charge in [0.2, 0.25) is 0 Å². The molecule has 0 atom stereocenters. The SMILES string of the molecule is CCOc1ccc(Br)cc1S(=O)(=O)Nc1ccc(NC(=S)Nc2ccc(C)c(Cl)c2)cc1. The Morgan fingerprint density at radius 3 is 2.28 bits per heavy atom. The molecule has 0 aliphatic rings. The highest BCUT2D eigenvalue weighted by molar-refractivity contribution is 9.10. The number of aryl methyl sites for hydroxylation is 1. The fourth-order valence-corrected chi connectivity index (χ4v) is 4.92. The first-order valence-electron chi connectivity index (χ1n) is 9.57. The summed E-state index contributed by atoms with van der Waals surface area (Å²) in [6.07, 6.45) is 0. The van der Waals surface area contributed by atoms with Crippen LogP contribution in [0.1, 0.15) is 12.5 Å². The summed E-state index contributed by atoms with van der Waals surface area (Å²) < 4.78 is 34.5. The summed E-state index contributed by atoms with van der Waals surface area (Å²) in [6, 6.07) is 17.1. The van der Waals surface area contributed by atoms with Gasteiger partial charge in [0.05, 0.1) is 6.61 Å². The normalized spacial score (nSPS) is 11.0. The largest absolute Gasteiger partial charge is 0.492 e. The van der Waals surface area contributed by atoms with E-state index in [0.717, 1.165) is 11.3 Å². The molecule has 0 radical (unpaired) electrons. The van der Waals surface area contributed by atoms with Crippen molar-refractivity contribution in [2.24, 2.45) is 0 Å². The molecule has 0 fully saturated rings. The second-order valence-electron chi connectivity index (χ2n) is 6.75. The van der Waals surface area contributed by atoms with E-state index in [4.69, 9.17) is 28.6 Å². The molecule has 0 heterocycles. The quantitative estimate of drug-likeness (QED) is 0.293. The van der Waals surface area contributed by atoms with Crippen molar-refractivity contribution in [3.63, 3.8) is 0 Å². The van der Waals surface area contributed by atoms with Gasteiger partial charge < -0.3 is 15.4 Å². The van der Waals surface area contributed by atoms with Crippen molar-refractivity contribution in [3.8, 4) is 5.75 Å². The zero-order valence-electron chi connectivity index (χ0n) is 17.3. The number of halogens is 2. The Bertz CT molecular complexity index is 1240. The highest BCUT2D eigenvalue weighted by Gasteiger charge is 2.20. The van der Waals surface area contributed by atoms with E-state index in [0.29, 0.717) is 32.6 Å². The van der Waals surface area contributed by atoms with E-state index in [-0.39, 0.29) is 10.6 Å². The molecule has 0 spiro atoms. The molecule has 3 aromatic rings. The molecular formula is C22H21BrClN3O3S2. The summed E-state index contributed by atoms with van der Waals surface area (Å²) in [5.74, 6) is 0.286. The van der Waals surface area contributed by atoms with Gasteiger partial charge in [-0.3, -0.25) is 4.72 Å². The van der Waals surface area contributed by atoms with E-state index in [1.165, 1.54) is 6.07 Å². The predicted octanol–water partition coefficient (Wildman–Crippen LogP) is 6.42. The lowest BCUT2D eigenvalue weighted by atomic mass is 10.2. The number of thiocarbonyl (C=S) groups is 1. The molecule has 3 rings (SSSR count). The zero-order chi connectivity index (χ0) is 23.3. The van der Waals surface area contributed by atoms with Crippen molar-refractivity contribution in [1.82, 2.24) is 0 Å². The molecule has 3 aromatic carbocycles. The fraction of sp³-hybridized carbons (Fsp3) is 0.136. The maximum absolute atomic E-state index is 12.9. The van der Waals surface area contributed by atoms with E-state index in [1.807, 2.05) is 19.1 Å². The minimum Gasteiger partial charge on any atom is -0.492 e. The second-order valence-corrected chi connectivity index (χ2v) is 10.1. The van der Waals surface area contributed by atoms with Gasteiger partial charge >= 0.3 is 0 Å². The van der Waals surface area contributed by atoms with E-state index in [1.54, 1.807) is 49.4 Å². The summed E-state index contributed by atoms with van der Waals surface area (Å²) in [5, 5.41) is 7.14. The lowest BCUT2D eigenvalue weighted by Crippen LogP contribution is -2.19. The van der Waals surface area contributed by atoms with Crippen LogP contribution < -0.4 is 20.1 Å². The third-order valence-corrected chi connectivity index (χ3v) is 6.83. The van der Waals surface area contributed by atoms with Crippen LogP contribution in [-0.2, 0) is 10.0 Å². The third kappa shape index (κ3) is 6.35. The molecule has 0 aliphatic heterocycles. The summed E-state index contributed by atoms with van der Waals surface area (Å²) in [6.45, 7) is 4.07. The van der Waals surface area contributed by atoms with Gasteiger partial charge in [-0.2, -0.15) is 0 Å². The zero-order valence-corrected chi connectivity index (χ0v) is 21.3. The summed E-state index contributed by atoms with van der Waals surface area (Å²) in [5.41, 5.74) is 2.84. The number of benzene rings is 3. The van der Waals surface area contributed by atoms with Crippen LogP contribution in [0.4, 0.5) is 17.1 Å². The Morgan fingerprint density at radius 2 is 1.62 bits per heavy atom. The van der Waals surface area contributed by atoms with Crippen molar-refractivity contribution in [3.05, 3.63) is 75.7 Å². The highest BCUT2D eigenvalue weighted by atomic mass is 79.9. The van der Waals surface area contributed by atoms with Gasteiger partial charge in [0.15, 0.2) is 5.11 Å². The van der Waals surface area contributed by atoms with Crippen molar-refractivity contribution < 1.29 is 13.2 Å². The smallest absolute Gasteiger partial charge is 0.265 e. The highest BCUT2D eigenvalue weighted by Crippen LogP contribution is 2.29. The molecule has 10 heteroatoms. The molecule has 0 amide bonds. The minimum atomic E-state index is -3.85. The monoisotopic (exact) mass is 553 g/mol. The standard InChI is InChI=1S/C22H21BrClN3O3S2/c1-3-30-20-11-5-15(23)12-21(20)32(28,29)27-17-9-7-16(8-10-17)25-22(31)26-18-6-4-14(2)19(24)13-18/h4-13,27H,3H2,1-2H3,(H2,25,26,31). The average Bonchev–Trinajstić information content (AvgIpc) is 2.73. The van der Waals surface area contributed by atoms with Crippen LogP contribution >= 0.6 is 39.7 Å². The van der Waals surface area contributed by atoms with E-state index < -0.39 is 10.0 Å². The molecule has 0 saturated carbocycles. The fourth-order valence-electron chi connectivity index (χ4n) is 2.76. The van der Waals surface area contributed by atoms with Crippen LogP contribution in [0.25, 0.3) is 0 Å². The molecule has 6 nitrogen and oxygen atoms in total. The molecule has 32 heavy (non-hydrogen) atoms. The first-order chi connectivity index (χ1) is 15.2. The molecule has 0 saturated heterocycles. The molecule has 0 bridgehead atoms. The van der Waals surface area contributed by atoms with Gasteiger partial charge in [0.25, 0.3) is 10.0 Å². The molecule has 0 aromatic heterocycles. The lowest BCUT2D eigenvalue weighted by molar-refractivity contribution is 0.331. The lowest BCUT2D eigenvalue weighted by Gasteiger charge is -2.14. The van der Waals surface area contributed by atoms with Crippen LogP contribution in [0.3, 0.4) is 0 Å². The van der Waals surface area contributed by atoms with E-state index in [2.05, 4.69) is 31.3 Å². The molecule has 0 unspecified atom stereocenters. The number of anilines is 3. The van der Waals surface area contributed by atoms with E-state index >= 15 is 0 Å². The summed E-state index contributed by atoms with van der Waals surface area (Å²) in [7, 11) is -3.85. The van der Waals surface area contributed by atoms with Gasteiger partial charge in [-0.05, 0) is 86.2 Å². The Labute approximate surface area is 206 Å². The third-order valence-electron chi connectivity index (χ3n) is 4.32. The van der Waals surface area contributed by atoms with Gasteiger partial charge in [-0.1, -0.05) is 33.6 Å². The van der Waals surface area contributed by atoms with Crippen LogP contribution in [-0.4, -0.2) is 20.1 Å². The van der Waals surface area contributed by atoms with Crippen LogP contribution in [0, 0.1) is 6.92 Å². The Morgan fingerprint density at radius 1 is 1.00 bits per heavy atom. The maximum atomic E-state index is 12.9. The van der Waals surface area contributed by atoms with Crippen molar-refractivity contribution in [2.75, 3.05) is 22.0 Å². The number of nitrogens with one attached hydrogen (secondary N) is 3. The van der Waals surface area contributed by atoms with Crippen LogP contribution in [0.5, 0.6) is 5.75 Å². The maximum Gasteiger partial charge on any atom is 0.265 e. The first-order valence-corrected chi connectivity index (χ1v) is 12.6. The Balaban J connectivity index is 1.68. The van der Waals surface area contributed by atoms with Crippen molar-refractivity contribution in [2.45, 2.75) is 18.7 Å². The average molecular weight is 555 g/mol.